The summed E-state index contributed by atoms with van der Waals surface area (Å²) >= 11 is 6.83. The summed E-state index contributed by atoms with van der Waals surface area (Å²) in [6, 6.07) is 41.8. The molecule has 0 spiro atoms. The molecule has 0 aliphatic carbocycles. The first-order chi connectivity index (χ1) is 18.0. The summed E-state index contributed by atoms with van der Waals surface area (Å²) in [6.45, 7) is 1.78. The summed E-state index contributed by atoms with van der Waals surface area (Å²) in [5, 5.41) is 13.5. The minimum absolute atomic E-state index is 0.0681. The van der Waals surface area contributed by atoms with Crippen molar-refractivity contribution in [2.24, 2.45) is 0 Å². The van der Waals surface area contributed by atoms with Crippen molar-refractivity contribution in [1.29, 1.82) is 0 Å². The van der Waals surface area contributed by atoms with E-state index in [1.165, 1.54) is 6.07 Å². The Morgan fingerprint density at radius 2 is 1.19 bits per heavy atom. The topological polar surface area (TPSA) is 49.3 Å². The van der Waals surface area contributed by atoms with Crippen LogP contribution in [0.2, 0.25) is 5.02 Å². The second-order valence-corrected chi connectivity index (χ2v) is 9.37. The SMILES string of the molecule is Cc1cccc(O)c1C(=O)Nc1ccc(C(c2ccccc2)(c2ccccc2)c2ccccc2)cc1Cl. The fourth-order valence-corrected chi connectivity index (χ4v) is 5.27. The van der Waals surface area contributed by atoms with E-state index in [1.54, 1.807) is 19.1 Å². The average Bonchev–Trinajstić information content (AvgIpc) is 2.92. The highest BCUT2D eigenvalue weighted by Gasteiger charge is 2.38. The Morgan fingerprint density at radius 1 is 0.676 bits per heavy atom. The van der Waals surface area contributed by atoms with Crippen molar-refractivity contribution < 1.29 is 9.90 Å². The minimum atomic E-state index is -0.635. The van der Waals surface area contributed by atoms with Gasteiger partial charge in [-0.1, -0.05) is 121 Å². The highest BCUT2D eigenvalue weighted by atomic mass is 35.5. The third kappa shape index (κ3) is 4.50. The molecular weight excluding hydrogens is 478 g/mol. The number of anilines is 1. The first-order valence-corrected chi connectivity index (χ1v) is 12.5. The molecular formula is C33H26ClNO2. The van der Waals surface area contributed by atoms with Gasteiger partial charge in [0.05, 0.1) is 21.7 Å². The van der Waals surface area contributed by atoms with Crippen LogP contribution >= 0.6 is 11.6 Å². The number of carbonyl (C=O) groups is 1. The largest absolute Gasteiger partial charge is 0.507 e. The van der Waals surface area contributed by atoms with Gasteiger partial charge in [-0.05, 0) is 52.9 Å². The maximum atomic E-state index is 13.0. The molecule has 0 saturated heterocycles. The molecule has 5 aromatic rings. The average molecular weight is 504 g/mol. The van der Waals surface area contributed by atoms with Gasteiger partial charge in [0, 0.05) is 0 Å². The molecule has 0 aliphatic heterocycles. The van der Waals surface area contributed by atoms with Crippen LogP contribution in [0.4, 0.5) is 5.69 Å². The van der Waals surface area contributed by atoms with Gasteiger partial charge in [-0.15, -0.1) is 0 Å². The Bertz CT molecular complexity index is 1420. The maximum Gasteiger partial charge on any atom is 0.259 e. The van der Waals surface area contributed by atoms with Gasteiger partial charge in [0.2, 0.25) is 0 Å². The molecule has 1 amide bonds. The highest BCUT2D eigenvalue weighted by molar-refractivity contribution is 6.34. The van der Waals surface area contributed by atoms with Gasteiger partial charge in [0.1, 0.15) is 5.75 Å². The standard InChI is InChI=1S/C33H26ClNO2/c1-23-12-11-19-30(36)31(23)32(37)35-29-21-20-27(22-28(29)34)33(24-13-5-2-6-14-24,25-15-7-3-8-16-25)26-17-9-4-10-18-26/h2-22,36H,1H3,(H,35,37). The van der Waals surface area contributed by atoms with Crippen molar-refractivity contribution in [1.82, 2.24) is 0 Å². The van der Waals surface area contributed by atoms with Gasteiger partial charge < -0.3 is 10.4 Å². The molecule has 5 rings (SSSR count). The fourth-order valence-electron chi connectivity index (χ4n) is 5.05. The van der Waals surface area contributed by atoms with E-state index in [2.05, 4.69) is 41.7 Å². The molecule has 4 heteroatoms. The Balaban J connectivity index is 1.67. The van der Waals surface area contributed by atoms with E-state index in [0.29, 0.717) is 16.3 Å². The van der Waals surface area contributed by atoms with E-state index in [9.17, 15) is 9.90 Å². The van der Waals surface area contributed by atoms with Crippen molar-refractivity contribution in [3.05, 3.63) is 166 Å². The lowest BCUT2D eigenvalue weighted by Gasteiger charge is -2.37. The molecule has 37 heavy (non-hydrogen) atoms. The van der Waals surface area contributed by atoms with Gasteiger partial charge in [-0.3, -0.25) is 4.79 Å². The van der Waals surface area contributed by atoms with Crippen LogP contribution in [0, 0.1) is 6.92 Å². The molecule has 0 bridgehead atoms. The predicted molar refractivity (Wildman–Crippen MR) is 151 cm³/mol. The predicted octanol–water partition coefficient (Wildman–Crippen LogP) is 7.99. The molecule has 0 fully saturated rings. The number of nitrogens with one attached hydrogen (secondary N) is 1. The lowest BCUT2D eigenvalue weighted by Crippen LogP contribution is -2.31. The Kier molecular flexibility index (Phi) is 6.80. The van der Waals surface area contributed by atoms with Crippen LogP contribution < -0.4 is 5.32 Å². The number of hydrogen-bond donors (Lipinski definition) is 2. The molecule has 0 aliphatic rings. The molecule has 0 saturated carbocycles. The van der Waals surface area contributed by atoms with Crippen LogP contribution in [0.15, 0.2) is 127 Å². The molecule has 0 radical (unpaired) electrons. The quantitative estimate of drug-likeness (QED) is 0.231. The van der Waals surface area contributed by atoms with E-state index in [-0.39, 0.29) is 11.3 Å². The number of benzene rings is 5. The second-order valence-electron chi connectivity index (χ2n) is 8.97. The number of carbonyl (C=O) groups excluding carboxylic acids is 1. The molecule has 3 nitrogen and oxygen atoms in total. The summed E-state index contributed by atoms with van der Waals surface area (Å²) in [6.07, 6.45) is 0. The zero-order valence-corrected chi connectivity index (χ0v) is 21.1. The third-order valence-electron chi connectivity index (χ3n) is 6.75. The molecule has 0 unspecified atom stereocenters. The maximum absolute atomic E-state index is 13.0. The first-order valence-electron chi connectivity index (χ1n) is 12.1. The summed E-state index contributed by atoms with van der Waals surface area (Å²) < 4.78 is 0. The number of halogens is 1. The third-order valence-corrected chi connectivity index (χ3v) is 7.06. The van der Waals surface area contributed by atoms with Crippen LogP contribution in [0.5, 0.6) is 5.75 Å². The molecule has 5 aromatic carbocycles. The Morgan fingerprint density at radius 3 is 1.65 bits per heavy atom. The lowest BCUT2D eigenvalue weighted by molar-refractivity contribution is 0.102. The van der Waals surface area contributed by atoms with Crippen LogP contribution in [0.1, 0.15) is 38.2 Å². The second kappa shape index (κ2) is 10.3. The molecule has 2 N–H and O–H groups in total. The van der Waals surface area contributed by atoms with Gasteiger partial charge >= 0.3 is 0 Å². The lowest BCUT2D eigenvalue weighted by atomic mass is 9.65. The molecule has 182 valence electrons. The molecule has 0 atom stereocenters. The van der Waals surface area contributed by atoms with Crippen molar-refractivity contribution >= 4 is 23.2 Å². The van der Waals surface area contributed by atoms with Crippen LogP contribution in [-0.4, -0.2) is 11.0 Å². The van der Waals surface area contributed by atoms with E-state index in [1.807, 2.05) is 72.8 Å². The van der Waals surface area contributed by atoms with Crippen molar-refractivity contribution in [2.45, 2.75) is 12.3 Å². The summed E-state index contributed by atoms with van der Waals surface area (Å²) in [4.78, 5) is 13.0. The number of phenols is 1. The Labute approximate surface area is 222 Å². The fraction of sp³-hybridized carbons (Fsp3) is 0.0606. The van der Waals surface area contributed by atoms with Crippen LogP contribution in [-0.2, 0) is 5.41 Å². The van der Waals surface area contributed by atoms with Gasteiger partial charge in [0.15, 0.2) is 0 Å². The number of amides is 1. The van der Waals surface area contributed by atoms with E-state index in [0.717, 1.165) is 22.3 Å². The number of hydrogen-bond acceptors (Lipinski definition) is 2. The summed E-state index contributed by atoms with van der Waals surface area (Å²) in [5.41, 5.74) is 5.03. The summed E-state index contributed by atoms with van der Waals surface area (Å²) in [5.74, 6) is -0.479. The zero-order chi connectivity index (χ0) is 25.8. The van der Waals surface area contributed by atoms with Gasteiger partial charge in [-0.25, -0.2) is 0 Å². The van der Waals surface area contributed by atoms with Crippen LogP contribution in [0.3, 0.4) is 0 Å². The van der Waals surface area contributed by atoms with Crippen molar-refractivity contribution in [2.75, 3.05) is 5.32 Å². The Hall–Kier alpha value is -4.34. The van der Waals surface area contributed by atoms with E-state index < -0.39 is 11.3 Å². The monoisotopic (exact) mass is 503 g/mol. The van der Waals surface area contributed by atoms with Gasteiger partial charge in [-0.2, -0.15) is 0 Å². The minimum Gasteiger partial charge on any atom is -0.507 e. The smallest absolute Gasteiger partial charge is 0.259 e. The van der Waals surface area contributed by atoms with Crippen LogP contribution in [0.25, 0.3) is 0 Å². The van der Waals surface area contributed by atoms with Crippen molar-refractivity contribution in [3.8, 4) is 5.75 Å². The van der Waals surface area contributed by atoms with Gasteiger partial charge in [0.25, 0.3) is 5.91 Å². The highest BCUT2D eigenvalue weighted by Crippen LogP contribution is 2.46. The molecule has 0 heterocycles. The number of aromatic hydroxyl groups is 1. The normalized spacial score (nSPS) is 11.2. The zero-order valence-electron chi connectivity index (χ0n) is 20.4. The number of aryl methyl sites for hydroxylation is 1. The van der Waals surface area contributed by atoms with Crippen molar-refractivity contribution in [3.63, 3.8) is 0 Å². The number of rotatable bonds is 6. The first kappa shape index (κ1) is 24.4. The van der Waals surface area contributed by atoms with E-state index in [4.69, 9.17) is 11.6 Å². The summed E-state index contributed by atoms with van der Waals surface area (Å²) in [7, 11) is 0. The van der Waals surface area contributed by atoms with E-state index >= 15 is 0 Å². The number of phenolic OH excluding ortho intramolecular Hbond substituents is 1. The molecule has 0 aromatic heterocycles.